The van der Waals surface area contributed by atoms with E-state index in [-0.39, 0.29) is 31.3 Å². The molecule has 3 atom stereocenters. The third-order valence-corrected chi connectivity index (χ3v) is 11.8. The Bertz CT molecular complexity index is 1430. The van der Waals surface area contributed by atoms with Crippen LogP contribution < -0.4 is 5.32 Å². The third-order valence-electron chi connectivity index (χ3n) is 11.8. The number of esters is 1. The highest BCUT2D eigenvalue weighted by Crippen LogP contribution is 2.16. The molecule has 386 valence electrons. The fourth-order valence-corrected chi connectivity index (χ4v) is 7.62. The standard InChI is InChI=1S/C62H103NO5/c1-4-7-10-13-16-19-22-25-27-29-30-32-34-37-40-43-46-49-52-55-62(67)68-58(53-50-47-44-41-38-36-33-31-28-26-23-20-17-14-11-8-5-2)56-61(66)63-59(57-64)60(65)54-51-48-45-42-39-35-24-21-18-15-12-9-6-3/h7,10,16-17,19-20,25-28,30,32-33,36-37,40-41,44,46,49,58-60,64-65H,4-6,8-9,11-15,18,21-24,29,31,34-35,38-39,42-43,45,47-48,50-57H2,1-3H3,(H,63,66)/b10-7-,19-16-,20-17-,27-25-,28-26-,32-30-,36-33-,40-37-,44-41-,49-46-. The highest BCUT2D eigenvalue weighted by molar-refractivity contribution is 5.77. The number of amides is 1. The maximum Gasteiger partial charge on any atom is 0.306 e. The topological polar surface area (TPSA) is 95.9 Å². The van der Waals surface area contributed by atoms with Crippen molar-refractivity contribution in [3.05, 3.63) is 122 Å². The van der Waals surface area contributed by atoms with Crippen LogP contribution in [0.2, 0.25) is 0 Å². The van der Waals surface area contributed by atoms with Crippen molar-refractivity contribution in [2.45, 2.75) is 251 Å². The molecule has 0 spiro atoms. The molecule has 0 aromatic heterocycles. The van der Waals surface area contributed by atoms with Gasteiger partial charge in [-0.05, 0) is 103 Å². The van der Waals surface area contributed by atoms with Gasteiger partial charge in [-0.3, -0.25) is 9.59 Å². The number of ether oxygens (including phenoxy) is 1. The molecule has 68 heavy (non-hydrogen) atoms. The molecule has 0 aliphatic rings. The number of nitrogens with one attached hydrogen (secondary N) is 1. The Balaban J connectivity index is 4.82. The normalized spacial score (nSPS) is 14.1. The number of rotatable bonds is 48. The molecule has 3 N–H and O–H groups in total. The summed E-state index contributed by atoms with van der Waals surface area (Å²) in [6, 6.07) is -0.743. The summed E-state index contributed by atoms with van der Waals surface area (Å²) in [5.41, 5.74) is 0. The molecule has 0 bridgehead atoms. The largest absolute Gasteiger partial charge is 0.462 e. The summed E-state index contributed by atoms with van der Waals surface area (Å²) in [5.74, 6) is -0.637. The lowest BCUT2D eigenvalue weighted by Crippen LogP contribution is -2.46. The van der Waals surface area contributed by atoms with Gasteiger partial charge in [0.15, 0.2) is 0 Å². The zero-order chi connectivity index (χ0) is 49.5. The minimum atomic E-state index is -0.823. The number of allylic oxidation sites excluding steroid dienone is 20. The maximum absolute atomic E-state index is 13.2. The molecule has 6 nitrogen and oxygen atoms in total. The first-order chi connectivity index (χ1) is 33.5. The van der Waals surface area contributed by atoms with Gasteiger partial charge in [0.05, 0.1) is 25.2 Å². The van der Waals surface area contributed by atoms with Crippen LogP contribution >= 0.6 is 0 Å². The molecular weight excluding hydrogens is 839 g/mol. The van der Waals surface area contributed by atoms with Gasteiger partial charge in [-0.1, -0.05) is 239 Å². The molecule has 6 heteroatoms. The fraction of sp³-hybridized carbons (Fsp3) is 0.645. The highest BCUT2D eigenvalue weighted by Gasteiger charge is 2.24. The zero-order valence-electron chi connectivity index (χ0n) is 43.9. The quantitative estimate of drug-likeness (QED) is 0.0321. The molecule has 1 amide bonds. The molecule has 0 saturated heterocycles. The lowest BCUT2D eigenvalue weighted by molar-refractivity contribution is -0.150. The van der Waals surface area contributed by atoms with Crippen LogP contribution in [0.4, 0.5) is 0 Å². The number of aliphatic hydroxyl groups excluding tert-OH is 2. The van der Waals surface area contributed by atoms with E-state index in [9.17, 15) is 19.8 Å². The minimum Gasteiger partial charge on any atom is -0.462 e. The Kier molecular flexibility index (Phi) is 51.2. The second kappa shape index (κ2) is 54.2. The molecule has 0 aliphatic carbocycles. The van der Waals surface area contributed by atoms with Gasteiger partial charge in [-0.25, -0.2) is 0 Å². The predicted octanol–water partition coefficient (Wildman–Crippen LogP) is 17.2. The predicted molar refractivity (Wildman–Crippen MR) is 296 cm³/mol. The van der Waals surface area contributed by atoms with Crippen LogP contribution in [0.3, 0.4) is 0 Å². The van der Waals surface area contributed by atoms with E-state index in [1.807, 2.05) is 6.08 Å². The highest BCUT2D eigenvalue weighted by atomic mass is 16.5. The van der Waals surface area contributed by atoms with E-state index in [1.165, 1.54) is 89.9 Å². The van der Waals surface area contributed by atoms with Gasteiger partial charge in [0.2, 0.25) is 5.91 Å². The zero-order valence-corrected chi connectivity index (χ0v) is 43.9. The number of hydrogen-bond acceptors (Lipinski definition) is 5. The molecule has 0 radical (unpaired) electrons. The van der Waals surface area contributed by atoms with Crippen molar-refractivity contribution in [1.82, 2.24) is 5.32 Å². The van der Waals surface area contributed by atoms with E-state index in [2.05, 4.69) is 142 Å². The maximum atomic E-state index is 13.2. The van der Waals surface area contributed by atoms with Gasteiger partial charge in [0.25, 0.3) is 0 Å². The second-order valence-electron chi connectivity index (χ2n) is 18.2. The first-order valence-corrected chi connectivity index (χ1v) is 27.8. The molecule has 0 aliphatic heterocycles. The summed E-state index contributed by atoms with van der Waals surface area (Å²) in [6.07, 6.45) is 75.5. The van der Waals surface area contributed by atoms with Crippen LogP contribution in [0.5, 0.6) is 0 Å². The summed E-state index contributed by atoms with van der Waals surface area (Å²) in [7, 11) is 0. The summed E-state index contributed by atoms with van der Waals surface area (Å²) in [6.45, 7) is 6.31. The van der Waals surface area contributed by atoms with Gasteiger partial charge in [0, 0.05) is 6.42 Å². The second-order valence-corrected chi connectivity index (χ2v) is 18.2. The monoisotopic (exact) mass is 942 g/mol. The fourth-order valence-electron chi connectivity index (χ4n) is 7.62. The SMILES string of the molecule is CC/C=C\C/C=C\C/C=C\C/C=C\C/C=C\C/C=C\CCC(=O)OC(CCC/C=C\C/C=C\C/C=C\C/C=C\CCCCC)CC(=O)NC(CO)C(O)CCCCCCCCCCCCCCC. The smallest absolute Gasteiger partial charge is 0.306 e. The van der Waals surface area contributed by atoms with Crippen molar-refractivity contribution in [2.75, 3.05) is 6.61 Å². The van der Waals surface area contributed by atoms with Crippen LogP contribution in [-0.4, -0.2) is 46.9 Å². The molecule has 0 heterocycles. The van der Waals surface area contributed by atoms with Crippen molar-refractivity contribution in [2.24, 2.45) is 0 Å². The Morgan fingerprint density at radius 3 is 1.24 bits per heavy atom. The summed E-state index contributed by atoms with van der Waals surface area (Å²) in [5, 5.41) is 23.8. The van der Waals surface area contributed by atoms with Gasteiger partial charge in [0.1, 0.15) is 6.10 Å². The Labute approximate surface area is 419 Å². The first-order valence-electron chi connectivity index (χ1n) is 27.8. The third kappa shape index (κ3) is 48.7. The van der Waals surface area contributed by atoms with E-state index >= 15 is 0 Å². The van der Waals surface area contributed by atoms with Crippen LogP contribution in [-0.2, 0) is 14.3 Å². The van der Waals surface area contributed by atoms with E-state index in [0.29, 0.717) is 19.3 Å². The number of aliphatic hydroxyl groups is 2. The van der Waals surface area contributed by atoms with E-state index in [4.69, 9.17) is 4.74 Å². The lowest BCUT2D eigenvalue weighted by atomic mass is 10.0. The summed E-state index contributed by atoms with van der Waals surface area (Å²) in [4.78, 5) is 26.2. The van der Waals surface area contributed by atoms with Gasteiger partial charge in [-0.2, -0.15) is 0 Å². The van der Waals surface area contributed by atoms with E-state index in [0.717, 1.165) is 89.9 Å². The Morgan fingerprint density at radius 2 is 0.809 bits per heavy atom. The lowest BCUT2D eigenvalue weighted by Gasteiger charge is -2.24. The first kappa shape index (κ1) is 64.3. The number of hydrogen-bond donors (Lipinski definition) is 3. The molecule has 0 fully saturated rings. The average molecular weight is 943 g/mol. The Morgan fingerprint density at radius 1 is 0.441 bits per heavy atom. The average Bonchev–Trinajstić information content (AvgIpc) is 3.33. The van der Waals surface area contributed by atoms with E-state index < -0.39 is 18.2 Å². The number of carbonyl (C=O) groups excluding carboxylic acids is 2. The summed E-state index contributed by atoms with van der Waals surface area (Å²) >= 11 is 0. The minimum absolute atomic E-state index is 0.00221. The van der Waals surface area contributed by atoms with Crippen LogP contribution in [0.15, 0.2) is 122 Å². The molecular formula is C62H103NO5. The molecule has 0 rings (SSSR count). The Hall–Kier alpha value is -3.74. The van der Waals surface area contributed by atoms with Crippen molar-refractivity contribution in [3.8, 4) is 0 Å². The van der Waals surface area contributed by atoms with Crippen molar-refractivity contribution >= 4 is 11.9 Å². The number of unbranched alkanes of at least 4 members (excludes halogenated alkanes) is 16. The van der Waals surface area contributed by atoms with Crippen LogP contribution in [0.25, 0.3) is 0 Å². The molecule has 0 aromatic rings. The van der Waals surface area contributed by atoms with E-state index in [1.54, 1.807) is 0 Å². The van der Waals surface area contributed by atoms with Gasteiger partial charge in [-0.15, -0.1) is 0 Å². The van der Waals surface area contributed by atoms with Crippen molar-refractivity contribution in [1.29, 1.82) is 0 Å². The summed E-state index contributed by atoms with van der Waals surface area (Å²) < 4.78 is 5.88. The van der Waals surface area contributed by atoms with Crippen LogP contribution in [0.1, 0.15) is 233 Å². The molecule has 0 saturated carbocycles. The van der Waals surface area contributed by atoms with Crippen molar-refractivity contribution in [3.63, 3.8) is 0 Å². The van der Waals surface area contributed by atoms with Gasteiger partial charge >= 0.3 is 5.97 Å². The molecule has 3 unspecified atom stereocenters. The van der Waals surface area contributed by atoms with Crippen LogP contribution in [0, 0.1) is 0 Å². The van der Waals surface area contributed by atoms with Crippen molar-refractivity contribution < 1.29 is 24.5 Å². The number of carbonyl (C=O) groups is 2. The molecule has 0 aromatic carbocycles. The van der Waals surface area contributed by atoms with Gasteiger partial charge < -0.3 is 20.3 Å².